The van der Waals surface area contributed by atoms with Crippen molar-refractivity contribution >= 4 is 40.1 Å². The lowest BCUT2D eigenvalue weighted by Gasteiger charge is -2.33. The molecule has 0 unspecified atom stereocenters. The third-order valence-electron chi connectivity index (χ3n) is 8.91. The SMILES string of the molecule is CN1CCN(c2ccc(-c3cc(C(=O)NC[C@H]4CC[C@H](CN(Cc5nccs5)C(=O)O)CC4)c4ccccc4n3)cn2)CC1. The van der Waals surface area contributed by atoms with Crippen molar-refractivity contribution in [1.29, 1.82) is 0 Å². The summed E-state index contributed by atoms with van der Waals surface area (Å²) in [6.07, 6.45) is 6.47. The van der Waals surface area contributed by atoms with Crippen molar-refractivity contribution in [3.05, 3.63) is 70.8 Å². The molecule has 0 spiro atoms. The molecule has 1 aliphatic heterocycles. The summed E-state index contributed by atoms with van der Waals surface area (Å²) >= 11 is 1.48. The number of carboxylic acid groups (broad SMARTS) is 1. The molecule has 1 saturated carbocycles. The molecule has 0 bridgehead atoms. The number of hydrogen-bond acceptors (Lipinski definition) is 8. The van der Waals surface area contributed by atoms with Crippen LogP contribution in [0.2, 0.25) is 0 Å². The summed E-state index contributed by atoms with van der Waals surface area (Å²) in [5.74, 6) is 1.55. The number of piperazine rings is 1. The van der Waals surface area contributed by atoms with Crippen LogP contribution in [0.5, 0.6) is 0 Å². The minimum Gasteiger partial charge on any atom is -0.465 e. The van der Waals surface area contributed by atoms with E-state index < -0.39 is 6.09 Å². The molecule has 10 nitrogen and oxygen atoms in total. The second-order valence-corrected chi connectivity index (χ2v) is 12.9. The Bertz CT molecular complexity index is 1560. The molecule has 4 aromatic rings. The Hall–Kier alpha value is -4.09. The smallest absolute Gasteiger partial charge is 0.407 e. The van der Waals surface area contributed by atoms with Crippen LogP contribution in [0.25, 0.3) is 22.2 Å². The molecule has 3 aromatic heterocycles. The Morgan fingerprint density at radius 1 is 1.02 bits per heavy atom. The number of thiazole rings is 1. The summed E-state index contributed by atoms with van der Waals surface area (Å²) in [6.45, 7) is 5.40. The largest absolute Gasteiger partial charge is 0.465 e. The Kier molecular flexibility index (Phi) is 9.32. The van der Waals surface area contributed by atoms with Crippen LogP contribution in [0.3, 0.4) is 0 Å². The first kappa shape index (κ1) is 30.0. The number of fused-ring (bicyclic) bond motifs is 1. The molecule has 1 aromatic carbocycles. The Morgan fingerprint density at radius 3 is 2.50 bits per heavy atom. The number of amides is 2. The lowest BCUT2D eigenvalue weighted by Crippen LogP contribution is -2.44. The van der Waals surface area contributed by atoms with E-state index in [9.17, 15) is 14.7 Å². The van der Waals surface area contributed by atoms with E-state index in [0.29, 0.717) is 37.0 Å². The number of para-hydroxylation sites is 1. The Balaban J connectivity index is 1.08. The molecule has 6 rings (SSSR count). The second-order valence-electron chi connectivity index (χ2n) is 12.0. The van der Waals surface area contributed by atoms with Crippen LogP contribution < -0.4 is 10.2 Å². The van der Waals surface area contributed by atoms with Gasteiger partial charge < -0.3 is 25.1 Å². The molecule has 2 aliphatic rings. The van der Waals surface area contributed by atoms with Gasteiger partial charge in [0.1, 0.15) is 10.8 Å². The zero-order valence-electron chi connectivity index (χ0n) is 25.1. The predicted octanol–water partition coefficient (Wildman–Crippen LogP) is 5.22. The van der Waals surface area contributed by atoms with Gasteiger partial charge in [0.25, 0.3) is 5.91 Å². The van der Waals surface area contributed by atoms with E-state index in [1.165, 1.54) is 16.2 Å². The van der Waals surface area contributed by atoms with Crippen molar-refractivity contribution < 1.29 is 14.7 Å². The molecule has 44 heavy (non-hydrogen) atoms. The van der Waals surface area contributed by atoms with Crippen molar-refractivity contribution in [1.82, 2.24) is 30.1 Å². The van der Waals surface area contributed by atoms with E-state index >= 15 is 0 Å². The van der Waals surface area contributed by atoms with Crippen LogP contribution in [0, 0.1) is 11.8 Å². The highest BCUT2D eigenvalue weighted by atomic mass is 32.1. The van der Waals surface area contributed by atoms with E-state index in [4.69, 9.17) is 9.97 Å². The summed E-state index contributed by atoms with van der Waals surface area (Å²) in [5.41, 5.74) is 3.00. The Morgan fingerprint density at radius 2 is 1.80 bits per heavy atom. The van der Waals surface area contributed by atoms with Gasteiger partial charge in [0.05, 0.1) is 23.3 Å². The normalized spacial score (nSPS) is 19.2. The van der Waals surface area contributed by atoms with Crippen LogP contribution in [0.15, 0.2) is 60.2 Å². The van der Waals surface area contributed by atoms with Crippen molar-refractivity contribution in [2.24, 2.45) is 11.8 Å². The predicted molar refractivity (Wildman–Crippen MR) is 173 cm³/mol. The maximum absolute atomic E-state index is 13.6. The van der Waals surface area contributed by atoms with Gasteiger partial charge in [0.2, 0.25) is 0 Å². The van der Waals surface area contributed by atoms with Gasteiger partial charge in [-0.2, -0.15) is 0 Å². The number of nitrogens with zero attached hydrogens (tertiary/aromatic N) is 6. The summed E-state index contributed by atoms with van der Waals surface area (Å²) in [7, 11) is 2.14. The van der Waals surface area contributed by atoms with Crippen LogP contribution in [-0.2, 0) is 6.54 Å². The Labute approximate surface area is 261 Å². The van der Waals surface area contributed by atoms with Gasteiger partial charge in [-0.1, -0.05) is 18.2 Å². The molecular formula is C33H39N7O3S. The average Bonchev–Trinajstić information content (AvgIpc) is 3.57. The number of rotatable bonds is 9. The molecule has 0 atom stereocenters. The lowest BCUT2D eigenvalue weighted by molar-refractivity contribution is 0.0937. The quantitative estimate of drug-likeness (QED) is 0.264. The van der Waals surface area contributed by atoms with E-state index in [0.717, 1.165) is 84.8 Å². The fourth-order valence-electron chi connectivity index (χ4n) is 6.24. The highest BCUT2D eigenvalue weighted by Crippen LogP contribution is 2.30. The van der Waals surface area contributed by atoms with Crippen LogP contribution in [0.4, 0.5) is 10.6 Å². The monoisotopic (exact) mass is 613 g/mol. The van der Waals surface area contributed by atoms with E-state index in [-0.39, 0.29) is 5.91 Å². The topological polar surface area (TPSA) is 115 Å². The van der Waals surface area contributed by atoms with Crippen LogP contribution >= 0.6 is 11.3 Å². The zero-order chi connectivity index (χ0) is 30.5. The van der Waals surface area contributed by atoms with Gasteiger partial charge in [0.15, 0.2) is 0 Å². The number of anilines is 1. The highest BCUT2D eigenvalue weighted by molar-refractivity contribution is 7.09. The van der Waals surface area contributed by atoms with Crippen molar-refractivity contribution in [2.75, 3.05) is 51.2 Å². The molecule has 11 heteroatoms. The molecule has 4 heterocycles. The molecule has 2 N–H and O–H groups in total. The van der Waals surface area contributed by atoms with Gasteiger partial charge >= 0.3 is 6.09 Å². The minimum absolute atomic E-state index is 0.102. The molecule has 0 radical (unpaired) electrons. The lowest BCUT2D eigenvalue weighted by atomic mass is 9.81. The molecule has 1 saturated heterocycles. The van der Waals surface area contributed by atoms with Gasteiger partial charge in [-0.05, 0) is 68.8 Å². The number of hydrogen-bond donors (Lipinski definition) is 2. The molecule has 1 aliphatic carbocycles. The summed E-state index contributed by atoms with van der Waals surface area (Å²) < 4.78 is 0. The number of benzene rings is 1. The van der Waals surface area contributed by atoms with Crippen LogP contribution in [-0.4, -0.2) is 88.2 Å². The van der Waals surface area contributed by atoms with E-state index in [1.54, 1.807) is 6.20 Å². The van der Waals surface area contributed by atoms with Gasteiger partial charge in [-0.15, -0.1) is 11.3 Å². The molecule has 2 fully saturated rings. The van der Waals surface area contributed by atoms with E-state index in [2.05, 4.69) is 27.1 Å². The number of likely N-dealkylation sites (N-methyl/N-ethyl adjacent to an activating group) is 1. The number of pyridine rings is 2. The maximum Gasteiger partial charge on any atom is 0.407 e. The molecule has 230 valence electrons. The van der Waals surface area contributed by atoms with Gasteiger partial charge in [-0.3, -0.25) is 4.79 Å². The van der Waals surface area contributed by atoms with Crippen molar-refractivity contribution in [3.8, 4) is 11.3 Å². The van der Waals surface area contributed by atoms with Crippen molar-refractivity contribution in [3.63, 3.8) is 0 Å². The number of carbonyl (C=O) groups excluding carboxylic acids is 1. The summed E-state index contributed by atoms with van der Waals surface area (Å²) in [6, 6.07) is 13.7. The number of carbonyl (C=O) groups is 2. The standard InChI is InChI=1S/C33H39N7O3S/c1-38-13-15-39(16-14-38)30-11-10-25(20-35-30)29-18-27(26-4-2-3-5-28(26)37-29)32(41)36-19-23-6-8-24(9-7-23)21-40(33(42)43)22-31-34-12-17-44-31/h2-5,10-12,17-18,20,23-24H,6-9,13-16,19,21-22H2,1H3,(H,36,41)(H,42,43)/t23-,24-. The van der Waals surface area contributed by atoms with Crippen LogP contribution in [0.1, 0.15) is 41.0 Å². The third-order valence-corrected chi connectivity index (χ3v) is 9.67. The average molecular weight is 614 g/mol. The first-order chi connectivity index (χ1) is 21.4. The summed E-state index contributed by atoms with van der Waals surface area (Å²) in [4.78, 5) is 45.3. The summed E-state index contributed by atoms with van der Waals surface area (Å²) in [5, 5.41) is 16.4. The first-order valence-corrected chi connectivity index (χ1v) is 16.2. The fraction of sp³-hybridized carbons (Fsp3) is 0.424. The third kappa shape index (κ3) is 7.16. The molecule has 2 amide bonds. The van der Waals surface area contributed by atoms with Crippen molar-refractivity contribution in [2.45, 2.75) is 32.2 Å². The highest BCUT2D eigenvalue weighted by Gasteiger charge is 2.26. The van der Waals surface area contributed by atoms with Gasteiger partial charge in [0, 0.05) is 68.0 Å². The first-order valence-electron chi connectivity index (χ1n) is 15.4. The second kappa shape index (κ2) is 13.7. The fourth-order valence-corrected chi connectivity index (χ4v) is 6.87. The maximum atomic E-state index is 13.6. The molecular weight excluding hydrogens is 574 g/mol. The number of aromatic nitrogens is 3. The zero-order valence-corrected chi connectivity index (χ0v) is 25.9. The minimum atomic E-state index is -0.903. The number of nitrogens with one attached hydrogen (secondary N) is 1. The van der Waals surface area contributed by atoms with E-state index in [1.807, 2.05) is 54.0 Å². The van der Waals surface area contributed by atoms with Gasteiger partial charge in [-0.25, -0.2) is 19.7 Å².